The molecule has 0 bridgehead atoms. The highest BCUT2D eigenvalue weighted by Crippen LogP contribution is 2.32. The van der Waals surface area contributed by atoms with Gasteiger partial charge in [-0.25, -0.2) is 0 Å². The van der Waals surface area contributed by atoms with Gasteiger partial charge >= 0.3 is 0 Å². The van der Waals surface area contributed by atoms with Crippen LogP contribution in [0.15, 0.2) is 54.6 Å². The molecule has 0 aromatic heterocycles. The molecule has 0 spiro atoms. The molecule has 6 nitrogen and oxygen atoms in total. The minimum Gasteiger partial charge on any atom is -0.342 e. The van der Waals surface area contributed by atoms with Crippen LogP contribution < -0.4 is 5.73 Å². The molecule has 2 aliphatic heterocycles. The third-order valence-electron chi connectivity index (χ3n) is 5.75. The van der Waals surface area contributed by atoms with Gasteiger partial charge in [-0.3, -0.25) is 19.3 Å². The number of rotatable bonds is 5. The average Bonchev–Trinajstić information content (AvgIpc) is 3.27. The third-order valence-corrected chi connectivity index (χ3v) is 5.75. The Morgan fingerprint density at radius 1 is 0.931 bits per heavy atom. The van der Waals surface area contributed by atoms with E-state index in [9.17, 15) is 14.4 Å². The molecule has 7 heteroatoms. The third kappa shape index (κ3) is 3.91. The van der Waals surface area contributed by atoms with Crippen LogP contribution in [0.4, 0.5) is 0 Å². The molecule has 1 saturated heterocycles. The molecule has 0 unspecified atom stereocenters. The quantitative estimate of drug-likeness (QED) is 0.762. The monoisotopic (exact) mass is 413 g/mol. The van der Waals surface area contributed by atoms with Gasteiger partial charge in [-0.2, -0.15) is 0 Å². The Morgan fingerprint density at radius 3 is 2.10 bits per heavy atom. The number of nitrogens with two attached hydrogens (primary N) is 1. The van der Waals surface area contributed by atoms with Gasteiger partial charge in [0.15, 0.2) is 0 Å². The summed E-state index contributed by atoms with van der Waals surface area (Å²) in [4.78, 5) is 40.6. The normalized spacial score (nSPS) is 20.6. The number of fused-ring (bicyclic) bond motifs is 1. The Bertz CT molecular complexity index is 884. The minimum atomic E-state index is -0.322. The Hall–Kier alpha value is -2.70. The summed E-state index contributed by atoms with van der Waals surface area (Å²) in [6, 6.07) is 16.9. The predicted octanol–water partition coefficient (Wildman–Crippen LogP) is 2.30. The van der Waals surface area contributed by atoms with Crippen LogP contribution in [0.3, 0.4) is 0 Å². The largest absolute Gasteiger partial charge is 0.342 e. The van der Waals surface area contributed by atoms with Gasteiger partial charge in [-0.15, -0.1) is 12.4 Å². The lowest BCUT2D eigenvalue weighted by Gasteiger charge is -2.19. The van der Waals surface area contributed by atoms with E-state index in [1.165, 1.54) is 10.5 Å². The van der Waals surface area contributed by atoms with Crippen LogP contribution in [0, 0.1) is 5.92 Å². The lowest BCUT2D eigenvalue weighted by atomic mass is 9.89. The Balaban J connectivity index is 0.00000240. The van der Waals surface area contributed by atoms with Crippen molar-refractivity contribution >= 4 is 30.1 Å². The summed E-state index contributed by atoms with van der Waals surface area (Å²) in [5.74, 6) is -0.262. The summed E-state index contributed by atoms with van der Waals surface area (Å²) < 4.78 is 0. The first kappa shape index (κ1) is 21.0. The maximum absolute atomic E-state index is 12.8. The fraction of sp³-hybridized carbons (Fsp3) is 0.318. The number of hydrogen-bond donors (Lipinski definition) is 1. The van der Waals surface area contributed by atoms with Crippen molar-refractivity contribution in [3.05, 3.63) is 71.3 Å². The van der Waals surface area contributed by atoms with Crippen LogP contribution in [0.1, 0.15) is 38.6 Å². The molecule has 0 saturated carbocycles. The standard InChI is InChI=1S/C22H23N3O3.ClH/c23-12-16-13-24(14-19(16)15-6-2-1-3-7-15)20(26)10-11-25-21(27)17-8-4-5-9-18(17)22(25)28;/h1-9,16,19H,10-14,23H2;1H/t16-,19+;/m1./s1. The van der Waals surface area contributed by atoms with Gasteiger partial charge in [0.05, 0.1) is 11.1 Å². The van der Waals surface area contributed by atoms with E-state index in [1.54, 1.807) is 24.3 Å². The molecule has 29 heavy (non-hydrogen) atoms. The van der Waals surface area contributed by atoms with E-state index in [4.69, 9.17) is 5.73 Å². The number of hydrogen-bond acceptors (Lipinski definition) is 4. The molecule has 2 N–H and O–H groups in total. The predicted molar refractivity (Wildman–Crippen MR) is 112 cm³/mol. The number of amides is 3. The van der Waals surface area contributed by atoms with Crippen LogP contribution >= 0.6 is 12.4 Å². The van der Waals surface area contributed by atoms with Gasteiger partial charge in [0, 0.05) is 32.0 Å². The SMILES string of the molecule is Cl.NC[C@@H]1CN(C(=O)CCN2C(=O)c3ccccc3C2=O)C[C@H]1c1ccccc1. The van der Waals surface area contributed by atoms with E-state index < -0.39 is 0 Å². The Kier molecular flexibility index (Phi) is 6.35. The van der Waals surface area contributed by atoms with Crippen LogP contribution in [0.5, 0.6) is 0 Å². The van der Waals surface area contributed by atoms with Crippen molar-refractivity contribution in [1.29, 1.82) is 0 Å². The van der Waals surface area contributed by atoms with Gasteiger partial charge < -0.3 is 10.6 Å². The smallest absolute Gasteiger partial charge is 0.261 e. The number of carbonyl (C=O) groups is 3. The van der Waals surface area contributed by atoms with Gasteiger partial charge in [0.1, 0.15) is 0 Å². The van der Waals surface area contributed by atoms with Crippen molar-refractivity contribution in [2.75, 3.05) is 26.2 Å². The van der Waals surface area contributed by atoms with E-state index in [0.29, 0.717) is 30.8 Å². The minimum absolute atomic E-state index is 0. The van der Waals surface area contributed by atoms with E-state index >= 15 is 0 Å². The van der Waals surface area contributed by atoms with Gasteiger partial charge in [-0.1, -0.05) is 42.5 Å². The second-order valence-corrected chi connectivity index (χ2v) is 7.37. The number of carbonyl (C=O) groups excluding carboxylic acids is 3. The highest BCUT2D eigenvalue weighted by Gasteiger charge is 2.37. The first-order valence-corrected chi connectivity index (χ1v) is 9.58. The van der Waals surface area contributed by atoms with E-state index in [0.717, 1.165) is 0 Å². The molecule has 0 aliphatic carbocycles. The fourth-order valence-corrected chi connectivity index (χ4v) is 4.20. The molecule has 4 rings (SSSR count). The number of benzene rings is 2. The summed E-state index contributed by atoms with van der Waals surface area (Å²) in [5.41, 5.74) is 7.96. The van der Waals surface area contributed by atoms with Gasteiger partial charge in [0.25, 0.3) is 11.8 Å². The molecule has 1 fully saturated rings. The second-order valence-electron chi connectivity index (χ2n) is 7.37. The zero-order chi connectivity index (χ0) is 19.7. The van der Waals surface area contributed by atoms with Crippen molar-refractivity contribution in [1.82, 2.24) is 9.80 Å². The molecule has 152 valence electrons. The fourth-order valence-electron chi connectivity index (χ4n) is 4.20. The molecule has 2 heterocycles. The maximum atomic E-state index is 12.8. The van der Waals surface area contributed by atoms with E-state index in [-0.39, 0.29) is 54.9 Å². The first-order chi connectivity index (χ1) is 13.6. The lowest BCUT2D eigenvalue weighted by Crippen LogP contribution is -2.36. The number of imide groups is 1. The van der Waals surface area contributed by atoms with Crippen molar-refractivity contribution in [3.8, 4) is 0 Å². The summed E-state index contributed by atoms with van der Waals surface area (Å²) in [5, 5.41) is 0. The molecule has 0 radical (unpaired) electrons. The molecule has 2 aromatic rings. The van der Waals surface area contributed by atoms with Crippen LogP contribution in [-0.2, 0) is 4.79 Å². The van der Waals surface area contributed by atoms with Crippen molar-refractivity contribution in [2.45, 2.75) is 12.3 Å². The van der Waals surface area contributed by atoms with Crippen molar-refractivity contribution in [3.63, 3.8) is 0 Å². The molecule has 3 amide bonds. The van der Waals surface area contributed by atoms with E-state index in [2.05, 4.69) is 12.1 Å². The van der Waals surface area contributed by atoms with Gasteiger partial charge in [-0.05, 0) is 30.2 Å². The van der Waals surface area contributed by atoms with Crippen molar-refractivity contribution in [2.24, 2.45) is 11.7 Å². The van der Waals surface area contributed by atoms with Gasteiger partial charge in [0.2, 0.25) is 5.91 Å². The molecular weight excluding hydrogens is 390 g/mol. The molecule has 2 aliphatic rings. The van der Waals surface area contributed by atoms with Crippen LogP contribution in [0.2, 0.25) is 0 Å². The first-order valence-electron chi connectivity index (χ1n) is 9.58. The number of likely N-dealkylation sites (tertiary alicyclic amines) is 1. The molecule has 2 atom stereocenters. The highest BCUT2D eigenvalue weighted by molar-refractivity contribution is 6.21. The van der Waals surface area contributed by atoms with Crippen molar-refractivity contribution < 1.29 is 14.4 Å². The molecular formula is C22H24ClN3O3. The molecule has 2 aromatic carbocycles. The summed E-state index contributed by atoms with van der Waals surface area (Å²) in [7, 11) is 0. The van der Waals surface area contributed by atoms with Crippen LogP contribution in [0.25, 0.3) is 0 Å². The summed E-state index contributed by atoms with van der Waals surface area (Å²) in [6.45, 7) is 1.84. The second kappa shape index (κ2) is 8.76. The van der Waals surface area contributed by atoms with Crippen LogP contribution in [-0.4, -0.2) is 53.7 Å². The highest BCUT2D eigenvalue weighted by atomic mass is 35.5. The Morgan fingerprint density at radius 2 is 1.52 bits per heavy atom. The topological polar surface area (TPSA) is 83.7 Å². The number of nitrogens with zero attached hydrogens (tertiary/aromatic N) is 2. The van der Waals surface area contributed by atoms with E-state index in [1.807, 2.05) is 23.1 Å². The number of halogens is 1. The Labute approximate surface area is 176 Å². The summed E-state index contributed by atoms with van der Waals surface area (Å²) in [6.07, 6.45) is 0.129. The zero-order valence-corrected chi connectivity index (χ0v) is 16.8. The lowest BCUT2D eigenvalue weighted by molar-refractivity contribution is -0.130. The average molecular weight is 414 g/mol. The maximum Gasteiger partial charge on any atom is 0.261 e. The summed E-state index contributed by atoms with van der Waals surface area (Å²) >= 11 is 0. The zero-order valence-electron chi connectivity index (χ0n) is 16.0.